The highest BCUT2D eigenvalue weighted by Gasteiger charge is 2.47. The van der Waals surface area contributed by atoms with Crippen molar-refractivity contribution in [1.29, 1.82) is 0 Å². The maximum atomic E-state index is 12.7. The number of nitrogens with two attached hydrogens (primary N) is 2. The van der Waals surface area contributed by atoms with Gasteiger partial charge in [0.05, 0.1) is 17.8 Å². The molecular formula is C12H20F3N3O2. The number of halogens is 3. The second-order valence-electron chi connectivity index (χ2n) is 5.12. The molecule has 5 nitrogen and oxygen atoms in total. The van der Waals surface area contributed by atoms with Gasteiger partial charge in [-0.25, -0.2) is 0 Å². The van der Waals surface area contributed by atoms with Crippen LogP contribution in [0, 0.1) is 5.92 Å². The summed E-state index contributed by atoms with van der Waals surface area (Å²) in [5, 5.41) is 8.58. The van der Waals surface area contributed by atoms with E-state index in [-0.39, 0.29) is 12.3 Å². The topological polar surface area (TPSA) is 102 Å². The minimum absolute atomic E-state index is 0.0604. The van der Waals surface area contributed by atoms with Crippen LogP contribution in [0.5, 0.6) is 0 Å². The van der Waals surface area contributed by atoms with Crippen LogP contribution in [0.1, 0.15) is 38.5 Å². The summed E-state index contributed by atoms with van der Waals surface area (Å²) in [6.07, 6.45) is -2.09. The maximum absolute atomic E-state index is 12.7. The number of rotatable bonds is 7. The van der Waals surface area contributed by atoms with Gasteiger partial charge in [0.25, 0.3) is 0 Å². The number of hydrogen-bond donors (Lipinski definition) is 3. The summed E-state index contributed by atoms with van der Waals surface area (Å²) in [7, 11) is 0. The molecule has 0 aliphatic carbocycles. The van der Waals surface area contributed by atoms with Crippen LogP contribution in [0.2, 0.25) is 0 Å². The molecule has 0 unspecified atom stereocenters. The second kappa shape index (κ2) is 6.92. The van der Waals surface area contributed by atoms with E-state index in [0.717, 1.165) is 0 Å². The van der Waals surface area contributed by atoms with Crippen LogP contribution in [-0.2, 0) is 4.79 Å². The summed E-state index contributed by atoms with van der Waals surface area (Å²) in [6, 6.07) is -1.71. The zero-order valence-electron chi connectivity index (χ0n) is 11.1. The molecule has 0 amide bonds. The standard InChI is InChI=1S/C12H20F3N3O2/c13-12(14,15)7-6-10(17)18-9(7)5-3-1-2-4-8(16)11(19)20/h7-9H,1-6,16H2,(H2,17,18)(H,19,20)/t7-,8+,9-/m1/s1. The summed E-state index contributed by atoms with van der Waals surface area (Å²) in [5.74, 6) is -2.48. The van der Waals surface area contributed by atoms with Crippen molar-refractivity contribution in [2.45, 2.75) is 56.8 Å². The Balaban J connectivity index is 2.28. The largest absolute Gasteiger partial charge is 0.480 e. The van der Waals surface area contributed by atoms with Gasteiger partial charge in [-0.15, -0.1) is 0 Å². The fraction of sp³-hybridized carbons (Fsp3) is 0.833. The fourth-order valence-electron chi connectivity index (χ4n) is 2.33. The van der Waals surface area contributed by atoms with E-state index in [0.29, 0.717) is 32.1 Å². The van der Waals surface area contributed by atoms with Crippen molar-refractivity contribution < 1.29 is 23.1 Å². The monoisotopic (exact) mass is 295 g/mol. The Labute approximate surface area is 115 Å². The molecular weight excluding hydrogens is 275 g/mol. The van der Waals surface area contributed by atoms with Crippen molar-refractivity contribution in [3.05, 3.63) is 0 Å². The highest BCUT2D eigenvalue weighted by Crippen LogP contribution is 2.38. The third-order valence-corrected chi connectivity index (χ3v) is 3.48. The molecule has 0 spiro atoms. The number of aliphatic carboxylic acids is 1. The zero-order chi connectivity index (χ0) is 15.3. The van der Waals surface area contributed by atoms with Crippen LogP contribution in [0.4, 0.5) is 13.2 Å². The van der Waals surface area contributed by atoms with Gasteiger partial charge < -0.3 is 16.6 Å². The molecule has 0 aromatic heterocycles. The molecule has 5 N–H and O–H groups in total. The first kappa shape index (κ1) is 16.7. The van der Waals surface area contributed by atoms with E-state index in [1.165, 1.54) is 0 Å². The maximum Gasteiger partial charge on any atom is 0.394 e. The number of carbonyl (C=O) groups is 1. The highest BCUT2D eigenvalue weighted by molar-refractivity contribution is 5.82. The van der Waals surface area contributed by atoms with Gasteiger partial charge in [-0.1, -0.05) is 19.3 Å². The van der Waals surface area contributed by atoms with Gasteiger partial charge in [-0.3, -0.25) is 9.79 Å². The molecule has 8 heteroatoms. The third-order valence-electron chi connectivity index (χ3n) is 3.48. The van der Waals surface area contributed by atoms with Crippen LogP contribution >= 0.6 is 0 Å². The van der Waals surface area contributed by atoms with Crippen molar-refractivity contribution >= 4 is 11.8 Å². The molecule has 20 heavy (non-hydrogen) atoms. The van der Waals surface area contributed by atoms with Gasteiger partial charge in [0, 0.05) is 6.42 Å². The molecule has 0 saturated heterocycles. The molecule has 0 bridgehead atoms. The number of carboxylic acid groups (broad SMARTS) is 1. The number of amidine groups is 1. The third kappa shape index (κ3) is 4.99. The van der Waals surface area contributed by atoms with Crippen LogP contribution in [0.25, 0.3) is 0 Å². The van der Waals surface area contributed by atoms with Crippen LogP contribution in [0.3, 0.4) is 0 Å². The smallest absolute Gasteiger partial charge is 0.394 e. The lowest BCUT2D eigenvalue weighted by atomic mass is 9.94. The van der Waals surface area contributed by atoms with Crippen molar-refractivity contribution in [2.24, 2.45) is 22.4 Å². The number of aliphatic imine (C=N–C) groups is 1. The van der Waals surface area contributed by atoms with Gasteiger partial charge >= 0.3 is 12.1 Å². The van der Waals surface area contributed by atoms with E-state index < -0.39 is 30.1 Å². The Kier molecular flexibility index (Phi) is 5.79. The lowest BCUT2D eigenvalue weighted by Gasteiger charge is -2.20. The van der Waals surface area contributed by atoms with Gasteiger partial charge in [0.2, 0.25) is 0 Å². The summed E-state index contributed by atoms with van der Waals surface area (Å²) < 4.78 is 38.2. The lowest BCUT2D eigenvalue weighted by Crippen LogP contribution is -2.31. The SMILES string of the molecule is NC1=N[C@H](CCCCC[C@H](N)C(=O)O)[C@H](C(F)(F)F)C1. The Bertz CT molecular complexity index is 371. The Morgan fingerprint density at radius 3 is 2.60 bits per heavy atom. The first-order valence-corrected chi connectivity index (χ1v) is 6.59. The predicted molar refractivity (Wildman–Crippen MR) is 68.3 cm³/mol. The molecule has 1 rings (SSSR count). The summed E-state index contributed by atoms with van der Waals surface area (Å²) in [5.41, 5.74) is 10.7. The molecule has 1 aliphatic heterocycles. The minimum atomic E-state index is -4.28. The van der Waals surface area contributed by atoms with E-state index in [1.807, 2.05) is 0 Å². The van der Waals surface area contributed by atoms with Crippen molar-refractivity contribution in [1.82, 2.24) is 0 Å². The molecule has 1 aliphatic rings. The minimum Gasteiger partial charge on any atom is -0.480 e. The molecule has 1 heterocycles. The van der Waals surface area contributed by atoms with Crippen molar-refractivity contribution in [3.63, 3.8) is 0 Å². The van der Waals surface area contributed by atoms with Crippen molar-refractivity contribution in [3.8, 4) is 0 Å². The normalized spacial score (nSPS) is 24.5. The number of nitrogens with zero attached hydrogens (tertiary/aromatic N) is 1. The number of carboxylic acids is 1. The number of unbranched alkanes of at least 4 members (excludes halogenated alkanes) is 2. The van der Waals surface area contributed by atoms with Crippen LogP contribution in [0.15, 0.2) is 4.99 Å². The van der Waals surface area contributed by atoms with E-state index in [2.05, 4.69) is 4.99 Å². The molecule has 0 saturated carbocycles. The van der Waals surface area contributed by atoms with Gasteiger partial charge in [0.15, 0.2) is 0 Å². The molecule has 0 fully saturated rings. The summed E-state index contributed by atoms with van der Waals surface area (Å²) >= 11 is 0. The number of alkyl halides is 3. The number of hydrogen-bond acceptors (Lipinski definition) is 4. The molecule has 116 valence electrons. The van der Waals surface area contributed by atoms with Crippen LogP contribution < -0.4 is 11.5 Å². The first-order valence-electron chi connectivity index (χ1n) is 6.59. The highest BCUT2D eigenvalue weighted by atomic mass is 19.4. The first-order chi connectivity index (χ1) is 9.21. The average Bonchev–Trinajstić information content (AvgIpc) is 2.69. The van der Waals surface area contributed by atoms with E-state index in [4.69, 9.17) is 16.6 Å². The summed E-state index contributed by atoms with van der Waals surface area (Å²) in [6.45, 7) is 0. The van der Waals surface area contributed by atoms with Gasteiger partial charge in [0.1, 0.15) is 6.04 Å². The second-order valence-corrected chi connectivity index (χ2v) is 5.12. The Morgan fingerprint density at radius 2 is 2.05 bits per heavy atom. The zero-order valence-corrected chi connectivity index (χ0v) is 11.1. The van der Waals surface area contributed by atoms with E-state index >= 15 is 0 Å². The Morgan fingerprint density at radius 1 is 1.40 bits per heavy atom. The van der Waals surface area contributed by atoms with Crippen molar-refractivity contribution in [2.75, 3.05) is 0 Å². The molecule has 0 radical (unpaired) electrons. The van der Waals surface area contributed by atoms with Gasteiger partial charge in [-0.2, -0.15) is 13.2 Å². The summed E-state index contributed by atoms with van der Waals surface area (Å²) in [4.78, 5) is 14.3. The molecule has 0 aromatic carbocycles. The van der Waals surface area contributed by atoms with E-state index in [1.54, 1.807) is 0 Å². The van der Waals surface area contributed by atoms with E-state index in [9.17, 15) is 18.0 Å². The fourth-order valence-corrected chi connectivity index (χ4v) is 2.33. The predicted octanol–water partition coefficient (Wildman–Crippen LogP) is 1.66. The molecule has 3 atom stereocenters. The quantitative estimate of drug-likeness (QED) is 0.621. The van der Waals surface area contributed by atoms with Crippen LogP contribution in [-0.4, -0.2) is 35.2 Å². The van der Waals surface area contributed by atoms with Gasteiger partial charge in [-0.05, 0) is 12.8 Å². The molecule has 0 aromatic rings. The Hall–Kier alpha value is -1.31. The lowest BCUT2D eigenvalue weighted by molar-refractivity contribution is -0.176. The average molecular weight is 295 g/mol.